The van der Waals surface area contributed by atoms with Gasteiger partial charge >= 0.3 is 6.61 Å². The molecule has 7 heteroatoms. The van der Waals surface area contributed by atoms with Crippen LogP contribution in [0.1, 0.15) is 48.9 Å². The molecule has 1 saturated carbocycles. The molecule has 0 aliphatic heterocycles. The normalized spacial score (nSPS) is 15.7. The summed E-state index contributed by atoms with van der Waals surface area (Å²) in [6.07, 6.45) is 7.47. The molecule has 0 saturated heterocycles. The van der Waals surface area contributed by atoms with Crippen LogP contribution in [-0.4, -0.2) is 38.8 Å². The van der Waals surface area contributed by atoms with E-state index in [2.05, 4.69) is 15.4 Å². The minimum absolute atomic E-state index is 0.151. The summed E-state index contributed by atoms with van der Waals surface area (Å²) < 4.78 is 34.2. The summed E-state index contributed by atoms with van der Waals surface area (Å²) in [6.45, 7) is -1.81. The van der Waals surface area contributed by atoms with Gasteiger partial charge in [-0.2, -0.15) is 8.78 Å². The number of carbonyl (C=O) groups is 1. The lowest BCUT2D eigenvalue weighted by Gasteiger charge is -2.16. The third-order valence-corrected chi connectivity index (χ3v) is 4.34. The lowest BCUT2D eigenvalue weighted by atomic mass is 10.1. The predicted octanol–water partition coefficient (Wildman–Crippen LogP) is 3.34. The standard InChI is InChI=1S/C18H26F2N2O3/c1-24-15-9-8-13(12-16(15)25-18(19)20)17(23)22-11-10-21-14-6-4-2-3-5-7-14/h8-9,12,14,18,21H,2-7,10-11H2,1H3,(H,22,23). The van der Waals surface area contributed by atoms with Crippen molar-refractivity contribution in [2.45, 2.75) is 51.2 Å². The number of alkyl halides is 2. The maximum absolute atomic E-state index is 12.4. The molecule has 0 bridgehead atoms. The molecule has 1 aromatic carbocycles. The van der Waals surface area contributed by atoms with Gasteiger partial charge in [0.2, 0.25) is 0 Å². The second kappa shape index (κ2) is 10.2. The summed E-state index contributed by atoms with van der Waals surface area (Å²) in [5, 5.41) is 6.25. The Morgan fingerprint density at radius 2 is 1.88 bits per heavy atom. The lowest BCUT2D eigenvalue weighted by Crippen LogP contribution is -2.36. The summed E-state index contributed by atoms with van der Waals surface area (Å²) in [4.78, 5) is 12.2. The molecular formula is C18H26F2N2O3. The van der Waals surface area contributed by atoms with Crippen molar-refractivity contribution in [1.82, 2.24) is 10.6 Å². The Bertz CT molecular complexity index is 547. The summed E-state index contributed by atoms with van der Waals surface area (Å²) in [5.74, 6) is -0.321. The summed E-state index contributed by atoms with van der Waals surface area (Å²) >= 11 is 0. The van der Waals surface area contributed by atoms with E-state index in [1.165, 1.54) is 63.8 Å². The van der Waals surface area contributed by atoms with Gasteiger partial charge < -0.3 is 20.1 Å². The van der Waals surface area contributed by atoms with Gasteiger partial charge in [-0.1, -0.05) is 25.7 Å². The van der Waals surface area contributed by atoms with E-state index in [9.17, 15) is 13.6 Å². The zero-order chi connectivity index (χ0) is 18.1. The fourth-order valence-electron chi connectivity index (χ4n) is 3.04. The maximum Gasteiger partial charge on any atom is 0.387 e. The predicted molar refractivity (Wildman–Crippen MR) is 91.5 cm³/mol. The summed E-state index contributed by atoms with van der Waals surface area (Å²) in [6, 6.07) is 4.74. The molecule has 2 N–H and O–H groups in total. The van der Waals surface area contributed by atoms with Crippen molar-refractivity contribution in [2.24, 2.45) is 0 Å². The SMILES string of the molecule is COc1ccc(C(=O)NCCNC2CCCCCC2)cc1OC(F)F. The third kappa shape index (κ3) is 6.49. The van der Waals surface area contributed by atoms with E-state index in [0.717, 1.165) is 0 Å². The highest BCUT2D eigenvalue weighted by Crippen LogP contribution is 2.29. The molecule has 0 aromatic heterocycles. The van der Waals surface area contributed by atoms with Gasteiger partial charge in [-0.25, -0.2) is 0 Å². The number of nitrogens with one attached hydrogen (secondary N) is 2. The second-order valence-electron chi connectivity index (χ2n) is 6.14. The van der Waals surface area contributed by atoms with Gasteiger partial charge in [0.1, 0.15) is 0 Å². The minimum atomic E-state index is -2.98. The van der Waals surface area contributed by atoms with E-state index in [1.54, 1.807) is 0 Å². The molecule has 25 heavy (non-hydrogen) atoms. The minimum Gasteiger partial charge on any atom is -0.493 e. The van der Waals surface area contributed by atoms with Crippen LogP contribution < -0.4 is 20.1 Å². The van der Waals surface area contributed by atoms with Gasteiger partial charge in [0.15, 0.2) is 11.5 Å². The van der Waals surface area contributed by atoms with E-state index in [4.69, 9.17) is 4.74 Å². The molecule has 1 aromatic rings. The Morgan fingerprint density at radius 1 is 1.16 bits per heavy atom. The number of halogens is 2. The molecule has 2 rings (SSSR count). The molecular weight excluding hydrogens is 330 g/mol. The number of carbonyl (C=O) groups excluding carboxylic acids is 1. The zero-order valence-electron chi connectivity index (χ0n) is 14.5. The van der Waals surface area contributed by atoms with Crippen LogP contribution in [0.3, 0.4) is 0 Å². The van der Waals surface area contributed by atoms with Gasteiger partial charge in [-0.15, -0.1) is 0 Å². The van der Waals surface area contributed by atoms with Crippen LogP contribution >= 0.6 is 0 Å². The number of hydrogen-bond acceptors (Lipinski definition) is 4. The molecule has 0 radical (unpaired) electrons. The number of methoxy groups -OCH3 is 1. The number of hydrogen-bond donors (Lipinski definition) is 2. The van der Waals surface area contributed by atoms with Crippen LogP contribution in [0.2, 0.25) is 0 Å². The highest BCUT2D eigenvalue weighted by Gasteiger charge is 2.15. The van der Waals surface area contributed by atoms with E-state index >= 15 is 0 Å². The molecule has 1 fully saturated rings. The van der Waals surface area contributed by atoms with Crippen molar-refractivity contribution < 1.29 is 23.0 Å². The van der Waals surface area contributed by atoms with Crippen LogP contribution in [0.15, 0.2) is 18.2 Å². The lowest BCUT2D eigenvalue weighted by molar-refractivity contribution is -0.0512. The summed E-state index contributed by atoms with van der Waals surface area (Å²) in [7, 11) is 1.35. The molecule has 1 aliphatic rings. The van der Waals surface area contributed by atoms with Crippen molar-refractivity contribution in [3.05, 3.63) is 23.8 Å². The quantitative estimate of drug-likeness (QED) is 0.554. The van der Waals surface area contributed by atoms with Gasteiger partial charge in [0, 0.05) is 24.7 Å². The first-order chi connectivity index (χ1) is 12.1. The molecule has 0 atom stereocenters. The monoisotopic (exact) mass is 356 g/mol. The first-order valence-electron chi connectivity index (χ1n) is 8.74. The van der Waals surface area contributed by atoms with Gasteiger partial charge in [-0.3, -0.25) is 4.79 Å². The van der Waals surface area contributed by atoms with Gasteiger partial charge in [0.25, 0.3) is 5.91 Å². The largest absolute Gasteiger partial charge is 0.493 e. The Hall–Kier alpha value is -1.89. The van der Waals surface area contributed by atoms with E-state index in [0.29, 0.717) is 19.1 Å². The first kappa shape index (κ1) is 19.4. The number of amides is 1. The summed E-state index contributed by atoms with van der Waals surface area (Å²) in [5.41, 5.74) is 0.255. The third-order valence-electron chi connectivity index (χ3n) is 4.34. The molecule has 1 aliphatic carbocycles. The molecule has 140 valence electrons. The van der Waals surface area contributed by atoms with E-state index in [-0.39, 0.29) is 23.0 Å². The topological polar surface area (TPSA) is 59.6 Å². The highest BCUT2D eigenvalue weighted by molar-refractivity contribution is 5.94. The smallest absolute Gasteiger partial charge is 0.387 e. The van der Waals surface area contributed by atoms with Crippen LogP contribution in [0, 0.1) is 0 Å². The zero-order valence-corrected chi connectivity index (χ0v) is 14.5. The van der Waals surface area contributed by atoms with E-state index < -0.39 is 6.61 Å². The molecule has 5 nitrogen and oxygen atoms in total. The first-order valence-corrected chi connectivity index (χ1v) is 8.74. The second-order valence-corrected chi connectivity index (χ2v) is 6.14. The number of benzene rings is 1. The molecule has 0 unspecified atom stereocenters. The van der Waals surface area contributed by atoms with Crippen LogP contribution in [-0.2, 0) is 0 Å². The van der Waals surface area contributed by atoms with Crippen LogP contribution in [0.4, 0.5) is 8.78 Å². The average molecular weight is 356 g/mol. The average Bonchev–Trinajstić information content (AvgIpc) is 2.86. The highest BCUT2D eigenvalue weighted by atomic mass is 19.3. The molecule has 0 spiro atoms. The van der Waals surface area contributed by atoms with Crippen molar-refractivity contribution in [1.29, 1.82) is 0 Å². The van der Waals surface area contributed by atoms with Crippen molar-refractivity contribution in [2.75, 3.05) is 20.2 Å². The van der Waals surface area contributed by atoms with Crippen LogP contribution in [0.5, 0.6) is 11.5 Å². The van der Waals surface area contributed by atoms with Gasteiger partial charge in [0.05, 0.1) is 7.11 Å². The van der Waals surface area contributed by atoms with E-state index in [1.807, 2.05) is 0 Å². The number of rotatable bonds is 8. The van der Waals surface area contributed by atoms with Gasteiger partial charge in [-0.05, 0) is 31.0 Å². The van der Waals surface area contributed by atoms with Crippen molar-refractivity contribution in [3.8, 4) is 11.5 Å². The number of ether oxygens (including phenoxy) is 2. The Balaban J connectivity index is 1.81. The molecule has 0 heterocycles. The van der Waals surface area contributed by atoms with Crippen molar-refractivity contribution in [3.63, 3.8) is 0 Å². The fraction of sp³-hybridized carbons (Fsp3) is 0.611. The van der Waals surface area contributed by atoms with Crippen molar-refractivity contribution >= 4 is 5.91 Å². The van der Waals surface area contributed by atoms with Crippen LogP contribution in [0.25, 0.3) is 0 Å². The molecule has 1 amide bonds. The Kier molecular flexibility index (Phi) is 7.91. The Morgan fingerprint density at radius 3 is 2.52 bits per heavy atom. The Labute approximate surface area is 147 Å². The fourth-order valence-corrected chi connectivity index (χ4v) is 3.04. The maximum atomic E-state index is 12.4.